The van der Waals surface area contributed by atoms with E-state index in [1.165, 1.54) is 30.5 Å². The summed E-state index contributed by atoms with van der Waals surface area (Å²) in [6, 6.07) is 0.713. The van der Waals surface area contributed by atoms with Crippen LogP contribution in [0.15, 0.2) is 6.20 Å². The van der Waals surface area contributed by atoms with Gasteiger partial charge < -0.3 is 5.32 Å². The van der Waals surface area contributed by atoms with Crippen LogP contribution in [0.3, 0.4) is 0 Å². The zero-order chi connectivity index (χ0) is 11.5. The van der Waals surface area contributed by atoms with Crippen molar-refractivity contribution in [3.63, 3.8) is 0 Å². The van der Waals surface area contributed by atoms with Crippen LogP contribution in [0.2, 0.25) is 0 Å². The number of aryl methyl sites for hydroxylation is 2. The molecule has 0 spiro atoms. The van der Waals surface area contributed by atoms with Crippen LogP contribution in [0.25, 0.3) is 0 Å². The van der Waals surface area contributed by atoms with Gasteiger partial charge in [0.2, 0.25) is 0 Å². The SMILES string of the molecule is CCc1nn(C)cc1CNC1CCCC1C. The maximum absolute atomic E-state index is 4.47. The lowest BCUT2D eigenvalue weighted by Crippen LogP contribution is -2.30. The standard InChI is InChI=1S/C13H23N3/c1-4-12-11(9-16(3)15-12)8-14-13-7-5-6-10(13)2/h9-10,13-14H,4-8H2,1-3H3. The second-order valence-electron chi connectivity index (χ2n) is 5.02. The topological polar surface area (TPSA) is 29.9 Å². The summed E-state index contributed by atoms with van der Waals surface area (Å²) in [5, 5.41) is 8.15. The molecule has 0 aliphatic heterocycles. The molecule has 0 amide bonds. The summed E-state index contributed by atoms with van der Waals surface area (Å²) in [5.41, 5.74) is 2.60. The molecule has 1 aliphatic carbocycles. The van der Waals surface area contributed by atoms with Crippen molar-refractivity contribution in [1.29, 1.82) is 0 Å². The van der Waals surface area contributed by atoms with Gasteiger partial charge in [-0.1, -0.05) is 20.3 Å². The Labute approximate surface area is 98.2 Å². The summed E-state index contributed by atoms with van der Waals surface area (Å²) in [5.74, 6) is 0.835. The van der Waals surface area contributed by atoms with Crippen molar-refractivity contribution < 1.29 is 0 Å². The molecule has 0 radical (unpaired) electrons. The van der Waals surface area contributed by atoms with Crippen molar-refractivity contribution in [2.45, 2.75) is 52.1 Å². The molecule has 1 heterocycles. The summed E-state index contributed by atoms with van der Waals surface area (Å²) in [6.45, 7) is 5.50. The third-order valence-corrected chi connectivity index (χ3v) is 3.74. The number of rotatable bonds is 4. The van der Waals surface area contributed by atoms with Crippen LogP contribution < -0.4 is 5.32 Å². The molecule has 1 saturated carbocycles. The molecule has 1 aromatic heterocycles. The Morgan fingerprint density at radius 3 is 2.94 bits per heavy atom. The molecular weight excluding hydrogens is 198 g/mol. The van der Waals surface area contributed by atoms with Crippen LogP contribution in [0.5, 0.6) is 0 Å². The zero-order valence-corrected chi connectivity index (χ0v) is 10.7. The Morgan fingerprint density at radius 1 is 1.50 bits per heavy atom. The molecular formula is C13H23N3. The fourth-order valence-electron chi connectivity index (χ4n) is 2.72. The molecule has 0 saturated heterocycles. The van der Waals surface area contributed by atoms with Crippen LogP contribution >= 0.6 is 0 Å². The molecule has 2 unspecified atom stereocenters. The maximum atomic E-state index is 4.47. The first-order valence-corrected chi connectivity index (χ1v) is 6.45. The molecule has 3 heteroatoms. The number of hydrogen-bond acceptors (Lipinski definition) is 2. The van der Waals surface area contributed by atoms with E-state index in [1.54, 1.807) is 0 Å². The summed E-state index contributed by atoms with van der Waals surface area (Å²) in [7, 11) is 2.00. The molecule has 1 aromatic rings. The highest BCUT2D eigenvalue weighted by Gasteiger charge is 2.22. The monoisotopic (exact) mass is 221 g/mol. The second-order valence-corrected chi connectivity index (χ2v) is 5.02. The summed E-state index contributed by atoms with van der Waals surface area (Å²) in [4.78, 5) is 0. The van der Waals surface area contributed by atoms with Gasteiger partial charge in [0.15, 0.2) is 0 Å². The van der Waals surface area contributed by atoms with E-state index in [2.05, 4.69) is 30.5 Å². The Balaban J connectivity index is 1.93. The second kappa shape index (κ2) is 5.00. The van der Waals surface area contributed by atoms with Gasteiger partial charge in [0, 0.05) is 31.4 Å². The van der Waals surface area contributed by atoms with Crippen molar-refractivity contribution in [2.75, 3.05) is 0 Å². The zero-order valence-electron chi connectivity index (χ0n) is 10.7. The smallest absolute Gasteiger partial charge is 0.0666 e. The Kier molecular flexibility index (Phi) is 3.64. The quantitative estimate of drug-likeness (QED) is 0.845. The molecule has 1 N–H and O–H groups in total. The van der Waals surface area contributed by atoms with E-state index in [-0.39, 0.29) is 0 Å². The number of aromatic nitrogens is 2. The van der Waals surface area contributed by atoms with Gasteiger partial charge in [0.05, 0.1) is 5.69 Å². The van der Waals surface area contributed by atoms with E-state index < -0.39 is 0 Å². The summed E-state index contributed by atoms with van der Waals surface area (Å²) in [6.07, 6.45) is 7.27. The van der Waals surface area contributed by atoms with E-state index in [9.17, 15) is 0 Å². The van der Waals surface area contributed by atoms with E-state index in [4.69, 9.17) is 0 Å². The van der Waals surface area contributed by atoms with Crippen molar-refractivity contribution >= 4 is 0 Å². The van der Waals surface area contributed by atoms with Gasteiger partial charge in [-0.15, -0.1) is 0 Å². The fourth-order valence-corrected chi connectivity index (χ4v) is 2.72. The van der Waals surface area contributed by atoms with Gasteiger partial charge in [0.25, 0.3) is 0 Å². The van der Waals surface area contributed by atoms with Gasteiger partial charge >= 0.3 is 0 Å². The van der Waals surface area contributed by atoms with Crippen molar-refractivity contribution in [1.82, 2.24) is 15.1 Å². The molecule has 90 valence electrons. The highest BCUT2D eigenvalue weighted by Crippen LogP contribution is 2.25. The minimum atomic E-state index is 0.713. The Morgan fingerprint density at radius 2 is 2.31 bits per heavy atom. The van der Waals surface area contributed by atoms with E-state index in [0.717, 1.165) is 18.9 Å². The predicted molar refractivity (Wildman–Crippen MR) is 66.2 cm³/mol. The van der Waals surface area contributed by atoms with Crippen LogP contribution in [0.4, 0.5) is 0 Å². The minimum Gasteiger partial charge on any atom is -0.310 e. The maximum Gasteiger partial charge on any atom is 0.0666 e. The van der Waals surface area contributed by atoms with Crippen LogP contribution in [0, 0.1) is 5.92 Å². The van der Waals surface area contributed by atoms with Crippen molar-refractivity contribution in [3.05, 3.63) is 17.5 Å². The lowest BCUT2D eigenvalue weighted by atomic mass is 10.1. The largest absolute Gasteiger partial charge is 0.310 e. The lowest BCUT2D eigenvalue weighted by molar-refractivity contribution is 0.425. The van der Waals surface area contributed by atoms with E-state index in [0.29, 0.717) is 6.04 Å². The third-order valence-electron chi connectivity index (χ3n) is 3.74. The summed E-state index contributed by atoms with van der Waals surface area (Å²) >= 11 is 0. The van der Waals surface area contributed by atoms with Crippen molar-refractivity contribution in [3.8, 4) is 0 Å². The average molecular weight is 221 g/mol. The lowest BCUT2D eigenvalue weighted by Gasteiger charge is -2.16. The third kappa shape index (κ3) is 2.46. The molecule has 2 atom stereocenters. The first-order valence-electron chi connectivity index (χ1n) is 6.45. The normalized spacial score (nSPS) is 25.2. The van der Waals surface area contributed by atoms with Gasteiger partial charge in [-0.25, -0.2) is 0 Å². The molecule has 1 fully saturated rings. The molecule has 2 rings (SSSR count). The van der Waals surface area contributed by atoms with Crippen molar-refractivity contribution in [2.24, 2.45) is 13.0 Å². The Bertz CT molecular complexity index is 343. The highest BCUT2D eigenvalue weighted by molar-refractivity contribution is 5.16. The Hall–Kier alpha value is -0.830. The van der Waals surface area contributed by atoms with E-state index in [1.807, 2.05) is 11.7 Å². The first-order chi connectivity index (χ1) is 7.70. The average Bonchev–Trinajstić information content (AvgIpc) is 2.81. The van der Waals surface area contributed by atoms with Crippen LogP contribution in [-0.2, 0) is 20.0 Å². The first kappa shape index (κ1) is 11.6. The molecule has 0 bridgehead atoms. The predicted octanol–water partition coefficient (Wildman–Crippen LogP) is 2.26. The number of nitrogens with one attached hydrogen (secondary N) is 1. The summed E-state index contributed by atoms with van der Waals surface area (Å²) < 4.78 is 1.92. The van der Waals surface area contributed by atoms with Gasteiger partial charge in [-0.3, -0.25) is 4.68 Å². The van der Waals surface area contributed by atoms with E-state index >= 15 is 0 Å². The van der Waals surface area contributed by atoms with Gasteiger partial charge in [-0.2, -0.15) is 5.10 Å². The number of hydrogen-bond donors (Lipinski definition) is 1. The molecule has 1 aliphatic rings. The van der Waals surface area contributed by atoms with Crippen LogP contribution in [0.1, 0.15) is 44.4 Å². The minimum absolute atomic E-state index is 0.713. The number of nitrogens with zero attached hydrogens (tertiary/aromatic N) is 2. The van der Waals surface area contributed by atoms with Gasteiger partial charge in [-0.05, 0) is 25.2 Å². The van der Waals surface area contributed by atoms with Gasteiger partial charge in [0.1, 0.15) is 0 Å². The molecule has 16 heavy (non-hydrogen) atoms. The molecule has 0 aromatic carbocycles. The van der Waals surface area contributed by atoms with Crippen LogP contribution in [-0.4, -0.2) is 15.8 Å². The molecule has 3 nitrogen and oxygen atoms in total. The fraction of sp³-hybridized carbons (Fsp3) is 0.769. The highest BCUT2D eigenvalue weighted by atomic mass is 15.3.